The van der Waals surface area contributed by atoms with Gasteiger partial charge in [-0.1, -0.05) is 26.0 Å². The molecule has 138 valence electrons. The van der Waals surface area contributed by atoms with Crippen molar-refractivity contribution in [1.29, 1.82) is 0 Å². The van der Waals surface area contributed by atoms with Gasteiger partial charge in [-0.3, -0.25) is 0 Å². The number of carbonyl (C=O) groups is 1. The van der Waals surface area contributed by atoms with Crippen LogP contribution in [0.15, 0.2) is 36.6 Å². The molecule has 1 heterocycles. The normalized spacial score (nSPS) is 10.8. The Balaban J connectivity index is 2.40. The number of nitrogens with zero attached hydrogens (tertiary/aromatic N) is 2. The first-order valence-electron chi connectivity index (χ1n) is 8.06. The van der Waals surface area contributed by atoms with Crippen LogP contribution in [0.5, 0.6) is 23.3 Å². The molecule has 0 aliphatic carbocycles. The molecule has 1 aromatic carbocycles. The van der Waals surface area contributed by atoms with Crippen molar-refractivity contribution in [3.05, 3.63) is 48.0 Å². The Kier molecular flexibility index (Phi) is 6.54. The van der Waals surface area contributed by atoms with Crippen molar-refractivity contribution in [1.82, 2.24) is 9.97 Å². The van der Waals surface area contributed by atoms with Gasteiger partial charge < -0.3 is 18.9 Å². The van der Waals surface area contributed by atoms with Crippen LogP contribution in [0.1, 0.15) is 31.2 Å². The van der Waals surface area contributed by atoms with Gasteiger partial charge in [0.05, 0.1) is 26.6 Å². The summed E-state index contributed by atoms with van der Waals surface area (Å²) in [6.07, 6.45) is 2.33. The third kappa shape index (κ3) is 4.95. The summed E-state index contributed by atoms with van der Waals surface area (Å²) < 4.78 is 21.1. The second kappa shape index (κ2) is 8.84. The number of ether oxygens (including phenoxy) is 4. The maximum atomic E-state index is 11.9. The molecule has 0 spiro atoms. The van der Waals surface area contributed by atoms with Crippen molar-refractivity contribution in [2.75, 3.05) is 14.2 Å². The Bertz CT molecular complexity index is 803. The van der Waals surface area contributed by atoms with E-state index >= 15 is 0 Å². The van der Waals surface area contributed by atoms with E-state index in [-0.39, 0.29) is 17.5 Å². The lowest BCUT2D eigenvalue weighted by atomic mass is 10.0. The lowest BCUT2D eigenvalue weighted by Crippen LogP contribution is -2.09. The fourth-order valence-corrected chi connectivity index (χ4v) is 2.11. The molecule has 0 N–H and O–H groups in total. The average molecular weight is 358 g/mol. The minimum absolute atomic E-state index is 0.00111. The summed E-state index contributed by atoms with van der Waals surface area (Å²) in [7, 11) is 2.85. The van der Waals surface area contributed by atoms with E-state index in [0.717, 1.165) is 11.6 Å². The molecule has 0 unspecified atom stereocenters. The van der Waals surface area contributed by atoms with Crippen LogP contribution in [0, 0.1) is 6.92 Å². The smallest absolute Gasteiger partial charge is 0.339 e. The highest BCUT2D eigenvalue weighted by molar-refractivity contribution is 5.84. The van der Waals surface area contributed by atoms with Crippen LogP contribution < -0.4 is 14.2 Å². The Labute approximate surface area is 152 Å². The number of benzene rings is 1. The van der Waals surface area contributed by atoms with Gasteiger partial charge in [-0.15, -0.1) is 0 Å². The lowest BCUT2D eigenvalue weighted by molar-refractivity contribution is -0.129. The predicted octanol–water partition coefficient (Wildman–Crippen LogP) is 3.77. The van der Waals surface area contributed by atoms with Crippen LogP contribution in [0.2, 0.25) is 0 Å². The number of aryl methyl sites for hydroxylation is 1. The third-order valence-corrected chi connectivity index (χ3v) is 3.39. The van der Waals surface area contributed by atoms with Gasteiger partial charge in [0.1, 0.15) is 11.6 Å². The van der Waals surface area contributed by atoms with Crippen molar-refractivity contribution < 1.29 is 23.7 Å². The topological polar surface area (TPSA) is 79.8 Å². The van der Waals surface area contributed by atoms with Crippen LogP contribution in [0.3, 0.4) is 0 Å². The molecule has 0 aliphatic rings. The molecule has 1 aromatic heterocycles. The molecule has 0 atom stereocenters. The van der Waals surface area contributed by atoms with Crippen LogP contribution in [-0.2, 0) is 9.53 Å². The quantitative estimate of drug-likeness (QED) is 0.423. The number of hydrogen-bond donors (Lipinski definition) is 0. The lowest BCUT2D eigenvalue weighted by Gasteiger charge is -2.14. The molecule has 2 aromatic rings. The molecule has 0 radical (unpaired) electrons. The Morgan fingerprint density at radius 1 is 1.15 bits per heavy atom. The molecule has 0 bridgehead atoms. The van der Waals surface area contributed by atoms with Gasteiger partial charge in [-0.05, 0) is 30.5 Å². The molecule has 2 rings (SSSR count). The standard InChI is InChI=1S/C19H22N2O5/c1-12(2)14-7-6-8-15(11-14)25-19-17(26-16(22)9-10-23-4)18(24-5)20-13(3)21-19/h6-12H,1-5H3. The summed E-state index contributed by atoms with van der Waals surface area (Å²) in [4.78, 5) is 20.3. The van der Waals surface area contributed by atoms with Gasteiger partial charge in [0.25, 0.3) is 17.5 Å². The molecule has 7 heteroatoms. The first kappa shape index (κ1) is 19.2. The SMILES string of the molecule is COC=CC(=O)Oc1c(OC)nc(C)nc1Oc1cccc(C(C)C)c1. The van der Waals surface area contributed by atoms with E-state index in [1.54, 1.807) is 13.0 Å². The van der Waals surface area contributed by atoms with Crippen LogP contribution in [0.4, 0.5) is 0 Å². The highest BCUT2D eigenvalue weighted by Gasteiger charge is 2.20. The van der Waals surface area contributed by atoms with E-state index < -0.39 is 5.97 Å². The highest BCUT2D eigenvalue weighted by atomic mass is 16.6. The fourth-order valence-electron chi connectivity index (χ4n) is 2.11. The van der Waals surface area contributed by atoms with Gasteiger partial charge in [-0.2, -0.15) is 9.97 Å². The van der Waals surface area contributed by atoms with Crippen LogP contribution >= 0.6 is 0 Å². The van der Waals surface area contributed by atoms with E-state index in [2.05, 4.69) is 23.8 Å². The second-order valence-corrected chi connectivity index (χ2v) is 5.70. The van der Waals surface area contributed by atoms with Crippen molar-refractivity contribution in [2.45, 2.75) is 26.7 Å². The zero-order chi connectivity index (χ0) is 19.1. The van der Waals surface area contributed by atoms with E-state index in [0.29, 0.717) is 17.5 Å². The van der Waals surface area contributed by atoms with E-state index in [1.807, 2.05) is 18.2 Å². The Hall–Kier alpha value is -3.09. The molecule has 0 amide bonds. The zero-order valence-electron chi connectivity index (χ0n) is 15.5. The molecule has 26 heavy (non-hydrogen) atoms. The molecule has 0 saturated heterocycles. The van der Waals surface area contributed by atoms with E-state index in [9.17, 15) is 4.79 Å². The molecule has 0 saturated carbocycles. The van der Waals surface area contributed by atoms with Gasteiger partial charge in [-0.25, -0.2) is 4.79 Å². The third-order valence-electron chi connectivity index (χ3n) is 3.39. The molecule has 7 nitrogen and oxygen atoms in total. The largest absolute Gasteiger partial charge is 0.504 e. The van der Waals surface area contributed by atoms with Crippen LogP contribution in [0.25, 0.3) is 0 Å². The molecule has 0 fully saturated rings. The number of esters is 1. The second-order valence-electron chi connectivity index (χ2n) is 5.70. The molecule has 0 aliphatic heterocycles. The first-order chi connectivity index (χ1) is 12.4. The Morgan fingerprint density at radius 2 is 1.88 bits per heavy atom. The summed E-state index contributed by atoms with van der Waals surface area (Å²) in [5.41, 5.74) is 1.11. The monoisotopic (exact) mass is 358 g/mol. The minimum atomic E-state index is -0.668. The van der Waals surface area contributed by atoms with Gasteiger partial charge in [0, 0.05) is 0 Å². The van der Waals surface area contributed by atoms with Crippen molar-refractivity contribution in [3.63, 3.8) is 0 Å². The van der Waals surface area contributed by atoms with Crippen molar-refractivity contribution >= 4 is 5.97 Å². The van der Waals surface area contributed by atoms with Gasteiger partial charge in [0.15, 0.2) is 0 Å². The van der Waals surface area contributed by atoms with E-state index in [1.165, 1.54) is 20.5 Å². The van der Waals surface area contributed by atoms with E-state index in [4.69, 9.17) is 18.9 Å². The van der Waals surface area contributed by atoms with Gasteiger partial charge >= 0.3 is 5.97 Å². The Morgan fingerprint density at radius 3 is 2.54 bits per heavy atom. The summed E-state index contributed by atoms with van der Waals surface area (Å²) in [6.45, 7) is 5.87. The number of carbonyl (C=O) groups excluding carboxylic acids is 1. The molecular formula is C19H22N2O5. The number of hydrogen-bond acceptors (Lipinski definition) is 7. The maximum absolute atomic E-state index is 11.9. The van der Waals surface area contributed by atoms with Crippen LogP contribution in [-0.4, -0.2) is 30.2 Å². The molecular weight excluding hydrogens is 336 g/mol. The fraction of sp³-hybridized carbons (Fsp3) is 0.316. The predicted molar refractivity (Wildman–Crippen MR) is 95.7 cm³/mol. The summed E-state index contributed by atoms with van der Waals surface area (Å²) in [5.74, 6) is 0.861. The van der Waals surface area contributed by atoms with Gasteiger partial charge in [0.2, 0.25) is 0 Å². The zero-order valence-corrected chi connectivity index (χ0v) is 15.5. The average Bonchev–Trinajstić information content (AvgIpc) is 2.62. The highest BCUT2D eigenvalue weighted by Crippen LogP contribution is 2.37. The summed E-state index contributed by atoms with van der Waals surface area (Å²) >= 11 is 0. The maximum Gasteiger partial charge on any atom is 0.339 e. The number of rotatable bonds is 7. The van der Waals surface area contributed by atoms with Crippen molar-refractivity contribution in [3.8, 4) is 23.3 Å². The minimum Gasteiger partial charge on any atom is -0.504 e. The summed E-state index contributed by atoms with van der Waals surface area (Å²) in [5, 5.41) is 0. The van der Waals surface area contributed by atoms with Crippen molar-refractivity contribution in [2.24, 2.45) is 0 Å². The number of methoxy groups -OCH3 is 2. The summed E-state index contributed by atoms with van der Waals surface area (Å²) in [6, 6.07) is 7.61. The first-order valence-corrected chi connectivity index (χ1v) is 8.06. The number of aromatic nitrogens is 2.